The van der Waals surface area contributed by atoms with Crippen molar-refractivity contribution in [1.29, 1.82) is 0 Å². The summed E-state index contributed by atoms with van der Waals surface area (Å²) in [5.74, 6) is 1.70. The van der Waals surface area contributed by atoms with Gasteiger partial charge in [0.1, 0.15) is 11.6 Å². The van der Waals surface area contributed by atoms with Crippen molar-refractivity contribution in [3.63, 3.8) is 0 Å². The number of fused-ring (bicyclic) bond motifs is 3. The molecule has 0 aliphatic carbocycles. The SMILES string of the molecule is CCc1nn(-c2ccccc2)c2c1CN(C(=O)Nc1ccccc1C)C(c1cccc(OC)c1)c1cccn1-2. The summed E-state index contributed by atoms with van der Waals surface area (Å²) in [5, 5.41) is 8.22. The number of para-hydroxylation sites is 2. The van der Waals surface area contributed by atoms with Crippen LogP contribution in [0.25, 0.3) is 11.5 Å². The lowest BCUT2D eigenvalue weighted by Gasteiger charge is -2.31. The molecule has 3 aromatic carbocycles. The summed E-state index contributed by atoms with van der Waals surface area (Å²) in [6.07, 6.45) is 2.81. The Morgan fingerprint density at radius 1 is 1.00 bits per heavy atom. The first kappa shape index (κ1) is 24.6. The number of aromatic nitrogens is 3. The van der Waals surface area contributed by atoms with Gasteiger partial charge in [0.15, 0.2) is 0 Å². The molecule has 1 atom stereocenters. The van der Waals surface area contributed by atoms with Crippen molar-refractivity contribution in [3.05, 3.63) is 125 Å². The Morgan fingerprint density at radius 2 is 1.79 bits per heavy atom. The van der Waals surface area contributed by atoms with Gasteiger partial charge in [-0.3, -0.25) is 0 Å². The molecule has 0 spiro atoms. The van der Waals surface area contributed by atoms with Crippen LogP contribution in [0.1, 0.15) is 41.0 Å². The van der Waals surface area contributed by atoms with Crippen molar-refractivity contribution in [2.75, 3.05) is 12.4 Å². The zero-order valence-corrected chi connectivity index (χ0v) is 22.3. The minimum atomic E-state index is -0.361. The van der Waals surface area contributed by atoms with E-state index in [2.05, 4.69) is 47.3 Å². The largest absolute Gasteiger partial charge is 0.497 e. The van der Waals surface area contributed by atoms with E-state index in [-0.39, 0.29) is 12.1 Å². The Balaban J connectivity index is 1.56. The molecule has 0 saturated heterocycles. The van der Waals surface area contributed by atoms with Gasteiger partial charge < -0.3 is 19.5 Å². The van der Waals surface area contributed by atoms with Crippen LogP contribution in [-0.4, -0.2) is 32.4 Å². The Bertz CT molecular complexity index is 1640. The number of carbonyl (C=O) groups excluding carboxylic acids is 1. The molecule has 0 radical (unpaired) electrons. The number of ether oxygens (including phenoxy) is 1. The van der Waals surface area contributed by atoms with Gasteiger partial charge in [-0.1, -0.05) is 55.5 Å². The number of carbonyl (C=O) groups is 1. The lowest BCUT2D eigenvalue weighted by atomic mass is 10.0. The van der Waals surface area contributed by atoms with E-state index in [4.69, 9.17) is 9.84 Å². The maximum Gasteiger partial charge on any atom is 0.322 e. The van der Waals surface area contributed by atoms with E-state index in [0.717, 1.165) is 57.4 Å². The number of methoxy groups -OCH3 is 1. The first-order chi connectivity index (χ1) is 19.1. The van der Waals surface area contributed by atoms with Gasteiger partial charge in [0.2, 0.25) is 0 Å². The van der Waals surface area contributed by atoms with Crippen LogP contribution >= 0.6 is 0 Å². The van der Waals surface area contributed by atoms with Crippen LogP contribution in [0, 0.1) is 6.92 Å². The molecule has 0 saturated carbocycles. The van der Waals surface area contributed by atoms with E-state index in [1.165, 1.54) is 0 Å². The lowest BCUT2D eigenvalue weighted by molar-refractivity contribution is 0.194. The number of amides is 2. The minimum absolute atomic E-state index is 0.174. The molecule has 196 valence electrons. The van der Waals surface area contributed by atoms with E-state index in [1.54, 1.807) is 7.11 Å². The molecule has 1 aliphatic rings. The average Bonchev–Trinajstić information content (AvgIpc) is 3.55. The average molecular weight is 518 g/mol. The maximum atomic E-state index is 14.2. The molecule has 0 fully saturated rings. The Hall–Kier alpha value is -4.78. The third kappa shape index (κ3) is 4.36. The number of hydrogen-bond donors (Lipinski definition) is 1. The summed E-state index contributed by atoms with van der Waals surface area (Å²) in [7, 11) is 1.66. The fourth-order valence-electron chi connectivity index (χ4n) is 5.41. The Kier molecular flexibility index (Phi) is 6.40. The van der Waals surface area contributed by atoms with E-state index in [1.807, 2.05) is 83.2 Å². The van der Waals surface area contributed by atoms with Gasteiger partial charge in [0, 0.05) is 17.4 Å². The molecular weight excluding hydrogens is 486 g/mol. The number of aryl methyl sites for hydroxylation is 2. The van der Waals surface area contributed by atoms with Crippen LogP contribution in [0.5, 0.6) is 5.75 Å². The van der Waals surface area contributed by atoms with Crippen LogP contribution in [-0.2, 0) is 13.0 Å². The van der Waals surface area contributed by atoms with Gasteiger partial charge in [-0.05, 0) is 66.9 Å². The maximum absolute atomic E-state index is 14.2. The third-order valence-corrected chi connectivity index (χ3v) is 7.36. The number of nitrogens with zero attached hydrogens (tertiary/aromatic N) is 4. The standard InChI is InChI=1S/C32H31N5O2/c1-4-27-26-21-36(32(38)33-28-17-9-8-12-22(28)2)30(23-13-10-16-25(20-23)39-3)29-18-11-19-35(29)31(26)37(34-27)24-14-6-5-7-15-24/h5-20,30H,4,21H2,1-3H3,(H,33,38). The third-order valence-electron chi connectivity index (χ3n) is 7.36. The molecule has 1 aliphatic heterocycles. The Labute approximate surface area is 228 Å². The summed E-state index contributed by atoms with van der Waals surface area (Å²) in [5.41, 5.74) is 6.72. The fraction of sp³-hybridized carbons (Fsp3) is 0.188. The number of rotatable bonds is 5. The molecule has 7 nitrogen and oxygen atoms in total. The van der Waals surface area contributed by atoms with Crippen molar-refractivity contribution in [2.24, 2.45) is 0 Å². The monoisotopic (exact) mass is 517 g/mol. The van der Waals surface area contributed by atoms with Crippen LogP contribution < -0.4 is 10.1 Å². The van der Waals surface area contributed by atoms with Gasteiger partial charge in [-0.25, -0.2) is 9.48 Å². The van der Waals surface area contributed by atoms with Gasteiger partial charge in [0.25, 0.3) is 0 Å². The number of anilines is 1. The van der Waals surface area contributed by atoms with Gasteiger partial charge in [-0.2, -0.15) is 5.10 Å². The fourth-order valence-corrected chi connectivity index (χ4v) is 5.41. The summed E-state index contributed by atoms with van der Waals surface area (Å²) in [4.78, 5) is 16.1. The zero-order chi connectivity index (χ0) is 26.9. The van der Waals surface area contributed by atoms with E-state index < -0.39 is 0 Å². The number of urea groups is 1. The first-order valence-electron chi connectivity index (χ1n) is 13.2. The number of benzene rings is 3. The summed E-state index contributed by atoms with van der Waals surface area (Å²) >= 11 is 0. The molecule has 2 aromatic heterocycles. The van der Waals surface area contributed by atoms with Gasteiger partial charge in [0.05, 0.1) is 36.8 Å². The normalized spacial score (nSPS) is 14.3. The second-order valence-corrected chi connectivity index (χ2v) is 9.70. The van der Waals surface area contributed by atoms with Crippen LogP contribution in [0.15, 0.2) is 97.2 Å². The lowest BCUT2D eigenvalue weighted by Crippen LogP contribution is -2.38. The molecule has 3 heterocycles. The highest BCUT2D eigenvalue weighted by Crippen LogP contribution is 2.39. The second-order valence-electron chi connectivity index (χ2n) is 9.70. The quantitative estimate of drug-likeness (QED) is 0.283. The molecule has 1 unspecified atom stereocenters. The highest BCUT2D eigenvalue weighted by molar-refractivity contribution is 5.91. The highest BCUT2D eigenvalue weighted by Gasteiger charge is 2.36. The molecule has 6 rings (SSSR count). The van der Waals surface area contributed by atoms with Crippen molar-refractivity contribution in [3.8, 4) is 17.3 Å². The summed E-state index contributed by atoms with van der Waals surface area (Å²) in [6.45, 7) is 4.50. The van der Waals surface area contributed by atoms with Crippen molar-refractivity contribution < 1.29 is 9.53 Å². The molecule has 0 bridgehead atoms. The molecular formula is C32H31N5O2. The predicted molar refractivity (Wildman–Crippen MR) is 153 cm³/mol. The van der Waals surface area contributed by atoms with Gasteiger partial charge >= 0.3 is 6.03 Å². The minimum Gasteiger partial charge on any atom is -0.497 e. The van der Waals surface area contributed by atoms with E-state index in [9.17, 15) is 4.79 Å². The van der Waals surface area contributed by atoms with Crippen LogP contribution in [0.4, 0.5) is 10.5 Å². The molecule has 7 heteroatoms. The first-order valence-corrected chi connectivity index (χ1v) is 13.2. The Morgan fingerprint density at radius 3 is 2.56 bits per heavy atom. The molecule has 5 aromatic rings. The molecule has 1 N–H and O–H groups in total. The number of hydrogen-bond acceptors (Lipinski definition) is 3. The molecule has 2 amide bonds. The van der Waals surface area contributed by atoms with Crippen molar-refractivity contribution in [2.45, 2.75) is 32.9 Å². The zero-order valence-electron chi connectivity index (χ0n) is 22.3. The van der Waals surface area contributed by atoms with Crippen LogP contribution in [0.3, 0.4) is 0 Å². The summed E-state index contributed by atoms with van der Waals surface area (Å²) < 4.78 is 9.76. The van der Waals surface area contributed by atoms with E-state index in [0.29, 0.717) is 6.54 Å². The van der Waals surface area contributed by atoms with E-state index >= 15 is 0 Å². The van der Waals surface area contributed by atoms with Crippen molar-refractivity contribution >= 4 is 11.7 Å². The number of nitrogens with one attached hydrogen (secondary N) is 1. The van der Waals surface area contributed by atoms with Crippen molar-refractivity contribution in [1.82, 2.24) is 19.2 Å². The summed E-state index contributed by atoms with van der Waals surface area (Å²) in [6, 6.07) is 29.5. The molecule has 39 heavy (non-hydrogen) atoms. The smallest absolute Gasteiger partial charge is 0.322 e. The van der Waals surface area contributed by atoms with Gasteiger partial charge in [-0.15, -0.1) is 0 Å². The topological polar surface area (TPSA) is 64.3 Å². The van der Waals surface area contributed by atoms with Crippen LogP contribution in [0.2, 0.25) is 0 Å². The second kappa shape index (κ2) is 10.2. The predicted octanol–water partition coefficient (Wildman–Crippen LogP) is 6.68. The highest BCUT2D eigenvalue weighted by atomic mass is 16.5.